The minimum atomic E-state index is -0.478. The summed E-state index contributed by atoms with van der Waals surface area (Å²) in [5.41, 5.74) is -0.478. The lowest BCUT2D eigenvalue weighted by Crippen LogP contribution is -2.52. The van der Waals surface area contributed by atoms with Gasteiger partial charge in [0.05, 0.1) is 19.7 Å². The fraction of sp³-hybridized carbons (Fsp3) is 0.857. The maximum absolute atomic E-state index is 12.2. The summed E-state index contributed by atoms with van der Waals surface area (Å²) in [5, 5.41) is 3.19. The molecule has 6 nitrogen and oxygen atoms in total. The van der Waals surface area contributed by atoms with Gasteiger partial charge in [-0.25, -0.2) is 4.79 Å². The number of ether oxygens (including phenoxy) is 2. The van der Waals surface area contributed by atoms with Crippen molar-refractivity contribution in [2.45, 2.75) is 51.3 Å². The van der Waals surface area contributed by atoms with Gasteiger partial charge in [0.15, 0.2) is 0 Å². The molecular formula is C14H24N2O4. The second-order valence-corrected chi connectivity index (χ2v) is 6.60. The van der Waals surface area contributed by atoms with Crippen molar-refractivity contribution in [3.63, 3.8) is 0 Å². The number of piperidine rings is 1. The van der Waals surface area contributed by atoms with E-state index in [1.54, 1.807) is 4.90 Å². The Labute approximate surface area is 119 Å². The molecule has 1 saturated carbocycles. The molecule has 2 fully saturated rings. The van der Waals surface area contributed by atoms with Crippen LogP contribution in [0.25, 0.3) is 0 Å². The highest BCUT2D eigenvalue weighted by molar-refractivity contribution is 5.71. The minimum Gasteiger partial charge on any atom is -0.468 e. The molecule has 2 bridgehead atoms. The van der Waals surface area contributed by atoms with Crippen molar-refractivity contribution in [1.29, 1.82) is 0 Å². The molecule has 114 valence electrons. The SMILES string of the molecule is COC(=O)CNC1CC2CC1N(C(=O)OC(C)(C)C)C2. The number of hydrogen-bond donors (Lipinski definition) is 1. The highest BCUT2D eigenvalue weighted by atomic mass is 16.6. The molecule has 3 atom stereocenters. The number of methoxy groups -OCH3 is 1. The molecule has 0 aromatic heterocycles. The van der Waals surface area contributed by atoms with Crippen molar-refractivity contribution in [1.82, 2.24) is 10.2 Å². The van der Waals surface area contributed by atoms with Crippen LogP contribution in [0.4, 0.5) is 4.79 Å². The first-order valence-electron chi connectivity index (χ1n) is 7.10. The quantitative estimate of drug-likeness (QED) is 0.787. The number of hydrogen-bond acceptors (Lipinski definition) is 5. The van der Waals surface area contributed by atoms with E-state index in [2.05, 4.69) is 10.1 Å². The highest BCUT2D eigenvalue weighted by Crippen LogP contribution is 2.38. The third kappa shape index (κ3) is 3.42. The van der Waals surface area contributed by atoms with Crippen LogP contribution in [0, 0.1) is 5.92 Å². The van der Waals surface area contributed by atoms with Crippen molar-refractivity contribution in [2.24, 2.45) is 5.92 Å². The number of fused-ring (bicyclic) bond motifs is 2. The number of amides is 1. The summed E-state index contributed by atoms with van der Waals surface area (Å²) >= 11 is 0. The maximum Gasteiger partial charge on any atom is 0.410 e. The van der Waals surface area contributed by atoms with Crippen LogP contribution in [0.5, 0.6) is 0 Å². The molecule has 6 heteroatoms. The Balaban J connectivity index is 1.91. The van der Waals surface area contributed by atoms with E-state index in [1.165, 1.54) is 7.11 Å². The number of carbonyl (C=O) groups is 2. The molecular weight excluding hydrogens is 260 g/mol. The van der Waals surface area contributed by atoms with Crippen molar-refractivity contribution >= 4 is 12.1 Å². The van der Waals surface area contributed by atoms with E-state index >= 15 is 0 Å². The zero-order chi connectivity index (χ0) is 14.9. The predicted octanol–water partition coefficient (Wildman–Crippen LogP) is 1.15. The molecule has 1 saturated heterocycles. The molecule has 1 amide bonds. The van der Waals surface area contributed by atoms with Gasteiger partial charge in [-0.15, -0.1) is 0 Å². The second-order valence-electron chi connectivity index (χ2n) is 6.60. The molecule has 1 aliphatic heterocycles. The van der Waals surface area contributed by atoms with E-state index in [4.69, 9.17) is 4.74 Å². The van der Waals surface area contributed by atoms with E-state index < -0.39 is 5.60 Å². The molecule has 3 unspecified atom stereocenters. The number of esters is 1. The van der Waals surface area contributed by atoms with Crippen molar-refractivity contribution in [2.75, 3.05) is 20.2 Å². The Morgan fingerprint density at radius 2 is 2.00 bits per heavy atom. The predicted molar refractivity (Wildman–Crippen MR) is 73.3 cm³/mol. The zero-order valence-corrected chi connectivity index (χ0v) is 12.6. The molecule has 0 aromatic carbocycles. The summed E-state index contributed by atoms with van der Waals surface area (Å²) in [6.45, 7) is 6.55. The third-order valence-electron chi connectivity index (χ3n) is 3.85. The number of nitrogens with one attached hydrogen (secondary N) is 1. The van der Waals surface area contributed by atoms with Gasteiger partial charge in [-0.3, -0.25) is 4.79 Å². The van der Waals surface area contributed by atoms with Gasteiger partial charge in [-0.2, -0.15) is 0 Å². The van der Waals surface area contributed by atoms with Crippen LogP contribution in [0.3, 0.4) is 0 Å². The smallest absolute Gasteiger partial charge is 0.410 e. The first kappa shape index (κ1) is 15.1. The number of carbonyl (C=O) groups excluding carboxylic acids is 2. The fourth-order valence-corrected chi connectivity index (χ4v) is 3.06. The first-order valence-corrected chi connectivity index (χ1v) is 7.10. The standard InChI is InChI=1S/C14H24N2O4/c1-14(2,3)20-13(18)16-8-9-5-10(11(16)6-9)15-7-12(17)19-4/h9-11,15H,5-8H2,1-4H3. The lowest BCUT2D eigenvalue weighted by atomic mass is 10.1. The van der Waals surface area contributed by atoms with Crippen molar-refractivity contribution < 1.29 is 19.1 Å². The lowest BCUT2D eigenvalue weighted by molar-refractivity contribution is -0.139. The zero-order valence-electron chi connectivity index (χ0n) is 12.6. The van der Waals surface area contributed by atoms with E-state index in [0.29, 0.717) is 5.92 Å². The van der Waals surface area contributed by atoms with Crippen LogP contribution >= 0.6 is 0 Å². The molecule has 20 heavy (non-hydrogen) atoms. The summed E-state index contributed by atoms with van der Waals surface area (Å²) in [6.07, 6.45) is 1.73. The Hall–Kier alpha value is -1.30. The van der Waals surface area contributed by atoms with Crippen LogP contribution in [0.15, 0.2) is 0 Å². The molecule has 1 aliphatic carbocycles. The van der Waals surface area contributed by atoms with E-state index in [0.717, 1.165) is 19.4 Å². The first-order chi connectivity index (χ1) is 9.30. The summed E-state index contributed by atoms with van der Waals surface area (Å²) in [5.74, 6) is 0.222. The van der Waals surface area contributed by atoms with Gasteiger partial charge < -0.3 is 19.7 Å². The topological polar surface area (TPSA) is 67.9 Å². The van der Waals surface area contributed by atoms with Crippen LogP contribution in [0.1, 0.15) is 33.6 Å². The van der Waals surface area contributed by atoms with Crippen LogP contribution in [-0.2, 0) is 14.3 Å². The summed E-state index contributed by atoms with van der Waals surface area (Å²) in [7, 11) is 1.37. The van der Waals surface area contributed by atoms with Gasteiger partial charge in [0.25, 0.3) is 0 Å². The summed E-state index contributed by atoms with van der Waals surface area (Å²) in [6, 6.07) is 0.278. The maximum atomic E-state index is 12.2. The van der Waals surface area contributed by atoms with Crippen LogP contribution < -0.4 is 5.32 Å². The second kappa shape index (κ2) is 5.60. The summed E-state index contributed by atoms with van der Waals surface area (Å²) in [4.78, 5) is 25.2. The monoisotopic (exact) mass is 284 g/mol. The van der Waals surface area contributed by atoms with Gasteiger partial charge in [0, 0.05) is 12.6 Å². The van der Waals surface area contributed by atoms with Crippen LogP contribution in [0.2, 0.25) is 0 Å². The molecule has 2 aliphatic rings. The average Bonchev–Trinajstić information content (AvgIpc) is 2.93. The molecule has 1 N–H and O–H groups in total. The van der Waals surface area contributed by atoms with Gasteiger partial charge in [-0.05, 0) is 39.5 Å². The van der Waals surface area contributed by atoms with Gasteiger partial charge >= 0.3 is 12.1 Å². The van der Waals surface area contributed by atoms with Gasteiger partial charge in [-0.1, -0.05) is 0 Å². The highest BCUT2D eigenvalue weighted by Gasteiger charge is 2.47. The van der Waals surface area contributed by atoms with Gasteiger partial charge in [0.1, 0.15) is 5.60 Å². The van der Waals surface area contributed by atoms with Crippen LogP contribution in [-0.4, -0.2) is 54.8 Å². The lowest BCUT2D eigenvalue weighted by Gasteiger charge is -2.34. The van der Waals surface area contributed by atoms with E-state index in [9.17, 15) is 9.59 Å². The number of nitrogens with zero attached hydrogens (tertiary/aromatic N) is 1. The van der Waals surface area contributed by atoms with E-state index in [1.807, 2.05) is 20.8 Å². The van der Waals surface area contributed by atoms with Gasteiger partial charge in [0.2, 0.25) is 0 Å². The number of rotatable bonds is 3. The Bertz CT molecular complexity index is 391. The molecule has 2 rings (SSSR count). The minimum absolute atomic E-state index is 0.125. The molecule has 0 radical (unpaired) electrons. The Morgan fingerprint density at radius 3 is 2.55 bits per heavy atom. The number of likely N-dealkylation sites (tertiary alicyclic amines) is 1. The molecule has 0 spiro atoms. The third-order valence-corrected chi connectivity index (χ3v) is 3.85. The van der Waals surface area contributed by atoms with Crippen molar-refractivity contribution in [3.8, 4) is 0 Å². The average molecular weight is 284 g/mol. The fourth-order valence-electron chi connectivity index (χ4n) is 3.06. The van der Waals surface area contributed by atoms with E-state index in [-0.39, 0.29) is 30.7 Å². The normalized spacial score (nSPS) is 28.6. The summed E-state index contributed by atoms with van der Waals surface area (Å²) < 4.78 is 10.1. The molecule has 1 heterocycles. The molecule has 0 aromatic rings. The Kier molecular flexibility index (Phi) is 4.22. The van der Waals surface area contributed by atoms with Crippen molar-refractivity contribution in [3.05, 3.63) is 0 Å². The Morgan fingerprint density at radius 1 is 1.30 bits per heavy atom. The largest absolute Gasteiger partial charge is 0.468 e.